The van der Waals surface area contributed by atoms with E-state index in [0.717, 1.165) is 4.47 Å². The second kappa shape index (κ2) is 7.92. The summed E-state index contributed by atoms with van der Waals surface area (Å²) in [6.07, 6.45) is 0. The van der Waals surface area contributed by atoms with Crippen LogP contribution in [-0.2, 0) is 9.53 Å². The van der Waals surface area contributed by atoms with Crippen molar-refractivity contribution in [1.82, 2.24) is 4.90 Å². The quantitative estimate of drug-likeness (QED) is 0.746. The van der Waals surface area contributed by atoms with Gasteiger partial charge in [0.1, 0.15) is 0 Å². The molecule has 0 radical (unpaired) electrons. The lowest BCUT2D eigenvalue weighted by Crippen LogP contribution is -2.39. The predicted octanol–water partition coefficient (Wildman–Crippen LogP) is 3.83. The van der Waals surface area contributed by atoms with Crippen molar-refractivity contribution in [1.29, 1.82) is 0 Å². The molecule has 0 N–H and O–H groups in total. The normalized spacial score (nSPS) is 11.6. The molecule has 0 heterocycles. The monoisotopic (exact) mass is 375 g/mol. The van der Waals surface area contributed by atoms with Gasteiger partial charge in [-0.2, -0.15) is 0 Å². The summed E-state index contributed by atoms with van der Waals surface area (Å²) in [5.74, 6) is -0.662. The molecule has 0 saturated heterocycles. The van der Waals surface area contributed by atoms with Crippen LogP contribution in [-0.4, -0.2) is 30.4 Å². The van der Waals surface area contributed by atoms with E-state index in [4.69, 9.17) is 4.74 Å². The van der Waals surface area contributed by atoms with Crippen molar-refractivity contribution in [2.24, 2.45) is 0 Å². The Morgan fingerprint density at radius 2 is 1.70 bits per heavy atom. The van der Waals surface area contributed by atoms with E-state index in [-0.39, 0.29) is 5.91 Å². The molecule has 1 amide bonds. The first-order valence-corrected chi connectivity index (χ1v) is 8.07. The van der Waals surface area contributed by atoms with Crippen LogP contribution in [0.5, 0.6) is 0 Å². The van der Waals surface area contributed by atoms with Crippen molar-refractivity contribution in [2.45, 2.75) is 13.0 Å². The fraction of sp³-hybridized carbons (Fsp3) is 0.222. The van der Waals surface area contributed by atoms with Crippen LogP contribution in [0, 0.1) is 0 Å². The highest BCUT2D eigenvalue weighted by Crippen LogP contribution is 2.25. The van der Waals surface area contributed by atoms with Gasteiger partial charge in [-0.15, -0.1) is 0 Å². The van der Waals surface area contributed by atoms with Crippen LogP contribution < -0.4 is 0 Å². The maximum atomic E-state index is 12.8. The molecule has 4 nitrogen and oxygen atoms in total. The molecule has 2 aromatic rings. The van der Waals surface area contributed by atoms with E-state index < -0.39 is 12.0 Å². The van der Waals surface area contributed by atoms with Crippen molar-refractivity contribution in [2.75, 3.05) is 13.7 Å². The summed E-state index contributed by atoms with van der Waals surface area (Å²) in [5.41, 5.74) is 1.26. The van der Waals surface area contributed by atoms with Crippen molar-refractivity contribution in [3.05, 3.63) is 70.2 Å². The molecule has 1 atom stereocenters. The average Bonchev–Trinajstić information content (AvgIpc) is 2.60. The Hall–Kier alpha value is -2.14. The molecule has 5 heteroatoms. The van der Waals surface area contributed by atoms with Crippen LogP contribution in [0.3, 0.4) is 0 Å². The Kier molecular flexibility index (Phi) is 5.93. The molecular weight excluding hydrogens is 358 g/mol. The van der Waals surface area contributed by atoms with Gasteiger partial charge in [-0.05, 0) is 36.8 Å². The number of methoxy groups -OCH3 is 1. The van der Waals surface area contributed by atoms with E-state index in [0.29, 0.717) is 17.7 Å². The van der Waals surface area contributed by atoms with Gasteiger partial charge in [-0.25, -0.2) is 4.79 Å². The molecule has 0 bridgehead atoms. The van der Waals surface area contributed by atoms with Crippen molar-refractivity contribution >= 4 is 27.8 Å². The number of likely N-dealkylation sites (N-methyl/N-ethyl adjacent to an activating group) is 1. The van der Waals surface area contributed by atoms with E-state index in [9.17, 15) is 9.59 Å². The van der Waals surface area contributed by atoms with Gasteiger partial charge in [0.2, 0.25) is 0 Å². The van der Waals surface area contributed by atoms with Crippen LogP contribution in [0.15, 0.2) is 59.1 Å². The van der Waals surface area contributed by atoms with Gasteiger partial charge in [0.15, 0.2) is 6.04 Å². The first kappa shape index (κ1) is 17.2. The molecule has 0 aromatic heterocycles. The molecule has 2 rings (SSSR count). The fourth-order valence-corrected chi connectivity index (χ4v) is 2.65. The molecule has 1 unspecified atom stereocenters. The molecule has 2 aromatic carbocycles. The number of rotatable bonds is 5. The zero-order valence-corrected chi connectivity index (χ0v) is 14.6. The Bertz CT molecular complexity index is 670. The van der Waals surface area contributed by atoms with Crippen molar-refractivity contribution < 1.29 is 14.3 Å². The van der Waals surface area contributed by atoms with Crippen LogP contribution in [0.25, 0.3) is 0 Å². The first-order chi connectivity index (χ1) is 11.1. The van der Waals surface area contributed by atoms with Crippen LogP contribution >= 0.6 is 15.9 Å². The third kappa shape index (κ3) is 3.99. The summed E-state index contributed by atoms with van der Waals surface area (Å²) in [7, 11) is 1.33. The molecule has 23 heavy (non-hydrogen) atoms. The zero-order chi connectivity index (χ0) is 16.8. The molecule has 0 spiro atoms. The lowest BCUT2D eigenvalue weighted by atomic mass is 10.0. The van der Waals surface area contributed by atoms with E-state index in [1.54, 1.807) is 24.3 Å². The number of benzene rings is 2. The molecule has 0 saturated carbocycles. The average molecular weight is 376 g/mol. The summed E-state index contributed by atoms with van der Waals surface area (Å²) >= 11 is 3.37. The van der Waals surface area contributed by atoms with Gasteiger partial charge < -0.3 is 9.64 Å². The number of halogens is 1. The van der Waals surface area contributed by atoms with E-state index in [1.807, 2.05) is 37.3 Å². The maximum absolute atomic E-state index is 12.8. The number of amides is 1. The fourth-order valence-electron chi connectivity index (χ4n) is 2.39. The minimum absolute atomic E-state index is 0.202. The van der Waals surface area contributed by atoms with Gasteiger partial charge in [-0.3, -0.25) is 4.79 Å². The first-order valence-electron chi connectivity index (χ1n) is 7.27. The molecule has 0 aliphatic carbocycles. The number of ether oxygens (including phenoxy) is 1. The molecular formula is C18H18BrNO3. The number of carbonyl (C=O) groups is 2. The summed E-state index contributed by atoms with van der Waals surface area (Å²) in [6, 6.07) is 15.5. The molecule has 0 fully saturated rings. The third-order valence-corrected chi connectivity index (χ3v) is 4.07. The zero-order valence-electron chi connectivity index (χ0n) is 13.0. The lowest BCUT2D eigenvalue weighted by Gasteiger charge is -2.29. The maximum Gasteiger partial charge on any atom is 0.333 e. The van der Waals surface area contributed by atoms with Gasteiger partial charge in [0.05, 0.1) is 7.11 Å². The predicted molar refractivity (Wildman–Crippen MR) is 92.1 cm³/mol. The SMILES string of the molecule is CCN(C(=O)c1ccccc1)C(C(=O)OC)c1ccc(Br)cc1. The summed E-state index contributed by atoms with van der Waals surface area (Å²) in [6.45, 7) is 2.24. The standard InChI is InChI=1S/C18H18BrNO3/c1-3-20(17(21)14-7-5-4-6-8-14)16(18(22)23-2)13-9-11-15(19)12-10-13/h4-12,16H,3H2,1-2H3. The summed E-state index contributed by atoms with van der Waals surface area (Å²) in [5, 5.41) is 0. The highest BCUT2D eigenvalue weighted by molar-refractivity contribution is 9.10. The Morgan fingerprint density at radius 1 is 1.09 bits per heavy atom. The van der Waals surface area contributed by atoms with E-state index in [2.05, 4.69) is 15.9 Å². The second-order valence-corrected chi connectivity index (χ2v) is 5.85. The number of hydrogen-bond donors (Lipinski definition) is 0. The highest BCUT2D eigenvalue weighted by Gasteiger charge is 2.31. The summed E-state index contributed by atoms with van der Waals surface area (Å²) < 4.78 is 5.83. The number of carbonyl (C=O) groups excluding carboxylic acids is 2. The van der Waals surface area contributed by atoms with Crippen LogP contribution in [0.4, 0.5) is 0 Å². The highest BCUT2D eigenvalue weighted by atomic mass is 79.9. The van der Waals surface area contributed by atoms with Crippen molar-refractivity contribution in [3.8, 4) is 0 Å². The van der Waals surface area contributed by atoms with Gasteiger partial charge >= 0.3 is 5.97 Å². The molecule has 0 aliphatic rings. The van der Waals surface area contributed by atoms with Gasteiger partial charge in [0, 0.05) is 16.6 Å². The van der Waals surface area contributed by atoms with Crippen molar-refractivity contribution in [3.63, 3.8) is 0 Å². The Labute approximate surface area is 144 Å². The van der Waals surface area contributed by atoms with Crippen LogP contribution in [0.2, 0.25) is 0 Å². The third-order valence-electron chi connectivity index (χ3n) is 3.54. The smallest absolute Gasteiger partial charge is 0.333 e. The lowest BCUT2D eigenvalue weighted by molar-refractivity contribution is -0.146. The number of hydrogen-bond acceptors (Lipinski definition) is 3. The van der Waals surface area contributed by atoms with E-state index >= 15 is 0 Å². The minimum atomic E-state index is -0.772. The Balaban J connectivity index is 2.41. The topological polar surface area (TPSA) is 46.6 Å². The van der Waals surface area contributed by atoms with Crippen LogP contribution in [0.1, 0.15) is 28.9 Å². The van der Waals surface area contributed by atoms with Gasteiger partial charge in [-0.1, -0.05) is 46.3 Å². The van der Waals surface area contributed by atoms with E-state index in [1.165, 1.54) is 12.0 Å². The minimum Gasteiger partial charge on any atom is -0.467 e. The number of nitrogens with zero attached hydrogens (tertiary/aromatic N) is 1. The largest absolute Gasteiger partial charge is 0.467 e. The second-order valence-electron chi connectivity index (χ2n) is 4.93. The Morgan fingerprint density at radius 3 is 2.22 bits per heavy atom. The molecule has 0 aliphatic heterocycles. The van der Waals surface area contributed by atoms with Gasteiger partial charge in [0.25, 0.3) is 5.91 Å². The summed E-state index contributed by atoms with van der Waals surface area (Å²) in [4.78, 5) is 26.6. The molecule has 120 valence electrons. The number of esters is 1.